The maximum Gasteiger partial charge on any atom is 0.253 e. The van der Waals surface area contributed by atoms with E-state index in [0.717, 1.165) is 24.1 Å². The van der Waals surface area contributed by atoms with Crippen molar-refractivity contribution in [1.82, 2.24) is 15.6 Å². The monoisotopic (exact) mass is 303 g/mol. The number of fused-ring (bicyclic) bond motifs is 1. The molecular formula is C16H15F2N3O. The van der Waals surface area contributed by atoms with E-state index in [-0.39, 0.29) is 18.0 Å². The molecular weight excluding hydrogens is 288 g/mol. The Balaban J connectivity index is 1.78. The van der Waals surface area contributed by atoms with Gasteiger partial charge in [0.25, 0.3) is 5.91 Å². The third kappa shape index (κ3) is 2.82. The van der Waals surface area contributed by atoms with Crippen molar-refractivity contribution < 1.29 is 13.6 Å². The highest BCUT2D eigenvalue weighted by Crippen LogP contribution is 2.18. The number of nitrogens with one attached hydrogen (secondary N) is 2. The van der Waals surface area contributed by atoms with Gasteiger partial charge in [-0.05, 0) is 36.2 Å². The predicted octanol–water partition coefficient (Wildman–Crippen LogP) is 1.94. The zero-order chi connectivity index (χ0) is 15.5. The van der Waals surface area contributed by atoms with Gasteiger partial charge in [0.1, 0.15) is 11.6 Å². The molecule has 0 aliphatic carbocycles. The predicted molar refractivity (Wildman–Crippen MR) is 77.2 cm³/mol. The van der Waals surface area contributed by atoms with E-state index < -0.39 is 11.6 Å². The fourth-order valence-corrected chi connectivity index (χ4v) is 2.58. The fourth-order valence-electron chi connectivity index (χ4n) is 2.58. The Labute approximate surface area is 126 Å². The molecule has 0 radical (unpaired) electrons. The first-order chi connectivity index (χ1) is 10.7. The van der Waals surface area contributed by atoms with Gasteiger partial charge in [0.05, 0.1) is 5.56 Å². The van der Waals surface area contributed by atoms with E-state index >= 15 is 0 Å². The van der Waals surface area contributed by atoms with Crippen LogP contribution in [0.15, 0.2) is 30.6 Å². The Morgan fingerprint density at radius 3 is 2.82 bits per heavy atom. The first-order valence-electron chi connectivity index (χ1n) is 7.04. The maximum absolute atomic E-state index is 13.6. The summed E-state index contributed by atoms with van der Waals surface area (Å²) in [5.41, 5.74) is 2.25. The number of rotatable bonds is 3. The summed E-state index contributed by atoms with van der Waals surface area (Å²) in [5, 5.41) is 5.78. The molecule has 1 amide bonds. The van der Waals surface area contributed by atoms with E-state index in [2.05, 4.69) is 15.6 Å². The number of carbonyl (C=O) groups excluding carboxylic acids is 1. The second kappa shape index (κ2) is 6.19. The largest absolute Gasteiger partial charge is 0.348 e. The molecule has 0 saturated heterocycles. The third-order valence-corrected chi connectivity index (χ3v) is 3.75. The number of halogens is 2. The van der Waals surface area contributed by atoms with Gasteiger partial charge in [-0.1, -0.05) is 6.07 Å². The van der Waals surface area contributed by atoms with Crippen molar-refractivity contribution in [1.29, 1.82) is 0 Å². The van der Waals surface area contributed by atoms with E-state index in [1.54, 1.807) is 6.20 Å². The van der Waals surface area contributed by atoms with E-state index in [4.69, 9.17) is 0 Å². The fraction of sp³-hybridized carbons (Fsp3) is 0.250. The molecule has 22 heavy (non-hydrogen) atoms. The molecule has 1 aromatic heterocycles. The van der Waals surface area contributed by atoms with E-state index in [1.165, 1.54) is 24.4 Å². The van der Waals surface area contributed by atoms with Gasteiger partial charge in [-0.3, -0.25) is 9.78 Å². The van der Waals surface area contributed by atoms with Crippen molar-refractivity contribution in [2.45, 2.75) is 19.5 Å². The SMILES string of the molecule is O=C(NCc1c(F)cccc1F)c1cncc2c1CCNC2. The van der Waals surface area contributed by atoms with Gasteiger partial charge >= 0.3 is 0 Å². The minimum atomic E-state index is -0.669. The maximum atomic E-state index is 13.6. The van der Waals surface area contributed by atoms with Crippen molar-refractivity contribution in [3.63, 3.8) is 0 Å². The van der Waals surface area contributed by atoms with Crippen LogP contribution in [-0.4, -0.2) is 17.4 Å². The summed E-state index contributed by atoms with van der Waals surface area (Å²) in [5.74, 6) is -1.70. The summed E-state index contributed by atoms with van der Waals surface area (Å²) < 4.78 is 27.1. The number of hydrogen-bond donors (Lipinski definition) is 2. The molecule has 1 aromatic carbocycles. The molecule has 0 bridgehead atoms. The van der Waals surface area contributed by atoms with Crippen LogP contribution < -0.4 is 10.6 Å². The first kappa shape index (κ1) is 14.6. The van der Waals surface area contributed by atoms with E-state index in [1.807, 2.05) is 0 Å². The number of aromatic nitrogens is 1. The van der Waals surface area contributed by atoms with Gasteiger partial charge in [0.2, 0.25) is 0 Å². The Morgan fingerprint density at radius 1 is 1.27 bits per heavy atom. The van der Waals surface area contributed by atoms with Gasteiger partial charge in [-0.2, -0.15) is 0 Å². The summed E-state index contributed by atoms with van der Waals surface area (Å²) in [6, 6.07) is 3.63. The molecule has 1 aliphatic rings. The lowest BCUT2D eigenvalue weighted by Gasteiger charge is -2.19. The quantitative estimate of drug-likeness (QED) is 0.911. The smallest absolute Gasteiger partial charge is 0.253 e. The summed E-state index contributed by atoms with van der Waals surface area (Å²) in [4.78, 5) is 16.4. The average molecular weight is 303 g/mol. The lowest BCUT2D eigenvalue weighted by atomic mass is 9.98. The van der Waals surface area contributed by atoms with Crippen molar-refractivity contribution in [2.24, 2.45) is 0 Å². The van der Waals surface area contributed by atoms with Crippen LogP contribution in [0.4, 0.5) is 8.78 Å². The second-order valence-corrected chi connectivity index (χ2v) is 5.13. The molecule has 3 rings (SSSR count). The normalized spacial score (nSPS) is 13.5. The highest BCUT2D eigenvalue weighted by Gasteiger charge is 2.18. The first-order valence-corrected chi connectivity index (χ1v) is 7.04. The van der Waals surface area contributed by atoms with Gasteiger partial charge < -0.3 is 10.6 Å². The minimum absolute atomic E-state index is 0.143. The van der Waals surface area contributed by atoms with Gasteiger partial charge in [-0.25, -0.2) is 8.78 Å². The van der Waals surface area contributed by atoms with E-state index in [0.29, 0.717) is 12.1 Å². The van der Waals surface area contributed by atoms with Crippen LogP contribution in [0.2, 0.25) is 0 Å². The summed E-state index contributed by atoms with van der Waals surface area (Å²) in [7, 11) is 0. The summed E-state index contributed by atoms with van der Waals surface area (Å²) in [6.45, 7) is 1.27. The van der Waals surface area contributed by atoms with E-state index in [9.17, 15) is 13.6 Å². The number of nitrogens with zero attached hydrogens (tertiary/aromatic N) is 1. The molecule has 114 valence electrons. The van der Waals surface area contributed by atoms with Crippen LogP contribution in [0.25, 0.3) is 0 Å². The molecule has 2 heterocycles. The third-order valence-electron chi connectivity index (χ3n) is 3.75. The van der Waals surface area contributed by atoms with Crippen LogP contribution in [0.1, 0.15) is 27.0 Å². The standard InChI is InChI=1S/C16H15F2N3O/c17-14-2-1-3-15(18)13(14)9-21-16(22)12-8-20-7-10-6-19-5-4-11(10)12/h1-3,7-8,19H,4-6,9H2,(H,21,22). The van der Waals surface area contributed by atoms with Crippen molar-refractivity contribution in [3.8, 4) is 0 Å². The number of benzene rings is 1. The van der Waals surface area contributed by atoms with Crippen molar-refractivity contribution >= 4 is 5.91 Å². The molecule has 2 N–H and O–H groups in total. The summed E-state index contributed by atoms with van der Waals surface area (Å²) >= 11 is 0. The zero-order valence-corrected chi connectivity index (χ0v) is 11.8. The second-order valence-electron chi connectivity index (χ2n) is 5.13. The van der Waals surface area contributed by atoms with Gasteiger partial charge in [-0.15, -0.1) is 0 Å². The Bertz CT molecular complexity index is 698. The molecule has 1 aliphatic heterocycles. The number of carbonyl (C=O) groups is 1. The van der Waals surface area contributed by atoms with Crippen LogP contribution in [0, 0.1) is 11.6 Å². The molecule has 0 fully saturated rings. The molecule has 0 unspecified atom stereocenters. The molecule has 2 aromatic rings. The van der Waals surface area contributed by atoms with Crippen LogP contribution in [0.5, 0.6) is 0 Å². The van der Waals surface area contributed by atoms with Crippen LogP contribution >= 0.6 is 0 Å². The Hall–Kier alpha value is -2.34. The number of pyridine rings is 1. The zero-order valence-electron chi connectivity index (χ0n) is 11.8. The summed E-state index contributed by atoms with van der Waals surface area (Å²) in [6.07, 6.45) is 3.96. The lowest BCUT2D eigenvalue weighted by molar-refractivity contribution is 0.0948. The average Bonchev–Trinajstić information content (AvgIpc) is 2.53. The number of amides is 1. The Kier molecular flexibility index (Phi) is 4.11. The Morgan fingerprint density at radius 2 is 2.05 bits per heavy atom. The van der Waals surface area contributed by atoms with Crippen molar-refractivity contribution in [3.05, 3.63) is 64.5 Å². The topological polar surface area (TPSA) is 54.0 Å². The highest BCUT2D eigenvalue weighted by molar-refractivity contribution is 5.95. The van der Waals surface area contributed by atoms with Gasteiger partial charge in [0.15, 0.2) is 0 Å². The number of hydrogen-bond acceptors (Lipinski definition) is 3. The van der Waals surface area contributed by atoms with Crippen LogP contribution in [0.3, 0.4) is 0 Å². The minimum Gasteiger partial charge on any atom is -0.348 e. The highest BCUT2D eigenvalue weighted by atomic mass is 19.1. The molecule has 0 spiro atoms. The molecule has 0 saturated carbocycles. The molecule has 4 nitrogen and oxygen atoms in total. The lowest BCUT2D eigenvalue weighted by Crippen LogP contribution is -2.30. The van der Waals surface area contributed by atoms with Crippen molar-refractivity contribution in [2.75, 3.05) is 6.54 Å². The van der Waals surface area contributed by atoms with Crippen LogP contribution in [-0.2, 0) is 19.5 Å². The van der Waals surface area contributed by atoms with Gasteiger partial charge in [0, 0.05) is 31.0 Å². The molecule has 6 heteroatoms. The molecule has 0 atom stereocenters.